The Morgan fingerprint density at radius 3 is 2.21 bits per heavy atom. The van der Waals surface area contributed by atoms with E-state index in [4.69, 9.17) is 4.74 Å². The Balaban J connectivity index is 1.28. The van der Waals surface area contributed by atoms with Crippen LogP contribution in [-0.4, -0.2) is 58.4 Å². The summed E-state index contributed by atoms with van der Waals surface area (Å²) in [7, 11) is 0. The maximum atomic E-state index is 12.9. The molecule has 0 N–H and O–H groups in total. The predicted molar refractivity (Wildman–Crippen MR) is 102 cm³/mol. The van der Waals surface area contributed by atoms with Crippen molar-refractivity contribution in [2.45, 2.75) is 0 Å². The Morgan fingerprint density at radius 1 is 0.929 bits per heavy atom. The zero-order chi connectivity index (χ0) is 19.3. The number of carbonyl (C=O) groups is 1. The minimum absolute atomic E-state index is 0.0585. The van der Waals surface area contributed by atoms with Gasteiger partial charge in [0.05, 0.1) is 0 Å². The van der Waals surface area contributed by atoms with Gasteiger partial charge in [0, 0.05) is 38.6 Å². The number of piperazine rings is 1. The quantitative estimate of drug-likeness (QED) is 0.678. The molecule has 8 heteroatoms. The highest BCUT2D eigenvalue weighted by atomic mass is 19.1. The van der Waals surface area contributed by atoms with Crippen LogP contribution >= 0.6 is 0 Å². The molecular weight excluding hydrogens is 361 g/mol. The normalized spacial score (nSPS) is 14.2. The standard InChI is InChI=1S/C20H20FN5O2/c21-16-3-5-17(6-4-16)28-15-20(27)26-13-11-25(12-14-26)19-8-7-18(22-23-19)24-9-1-2-10-24/h1-10H,11-15H2. The SMILES string of the molecule is O=C(COc1ccc(F)cc1)N1CCN(c2ccc(-n3cccc3)nn2)CC1. The summed E-state index contributed by atoms with van der Waals surface area (Å²) >= 11 is 0. The molecule has 0 aliphatic carbocycles. The lowest BCUT2D eigenvalue weighted by atomic mass is 10.3. The van der Waals surface area contributed by atoms with Crippen LogP contribution in [0.3, 0.4) is 0 Å². The van der Waals surface area contributed by atoms with Crippen LogP contribution in [0.5, 0.6) is 5.75 Å². The van der Waals surface area contributed by atoms with Crippen molar-refractivity contribution in [2.24, 2.45) is 0 Å². The van der Waals surface area contributed by atoms with Gasteiger partial charge in [-0.3, -0.25) is 4.79 Å². The second kappa shape index (κ2) is 8.08. The summed E-state index contributed by atoms with van der Waals surface area (Å²) in [4.78, 5) is 16.2. The van der Waals surface area contributed by atoms with E-state index in [0.717, 1.165) is 11.6 Å². The van der Waals surface area contributed by atoms with E-state index in [1.165, 1.54) is 24.3 Å². The topological polar surface area (TPSA) is 63.5 Å². The van der Waals surface area contributed by atoms with Crippen LogP contribution in [0, 0.1) is 5.82 Å². The van der Waals surface area contributed by atoms with Crippen molar-refractivity contribution < 1.29 is 13.9 Å². The summed E-state index contributed by atoms with van der Waals surface area (Å²) in [6.07, 6.45) is 3.84. The van der Waals surface area contributed by atoms with Crippen molar-refractivity contribution in [1.29, 1.82) is 0 Å². The molecule has 3 aromatic rings. The lowest BCUT2D eigenvalue weighted by Gasteiger charge is -2.35. The van der Waals surface area contributed by atoms with Gasteiger partial charge in [0.2, 0.25) is 0 Å². The summed E-state index contributed by atoms with van der Waals surface area (Å²) in [5, 5.41) is 8.57. The molecule has 0 radical (unpaired) electrons. The minimum Gasteiger partial charge on any atom is -0.484 e. The molecule has 7 nitrogen and oxygen atoms in total. The van der Waals surface area contributed by atoms with Crippen molar-refractivity contribution in [2.75, 3.05) is 37.7 Å². The Kier molecular flexibility index (Phi) is 5.18. The van der Waals surface area contributed by atoms with Crippen molar-refractivity contribution in [3.63, 3.8) is 0 Å². The van der Waals surface area contributed by atoms with Gasteiger partial charge >= 0.3 is 0 Å². The van der Waals surface area contributed by atoms with Crippen LogP contribution in [0.1, 0.15) is 0 Å². The average molecular weight is 381 g/mol. The van der Waals surface area contributed by atoms with Crippen molar-refractivity contribution in [3.8, 4) is 11.6 Å². The molecule has 1 aromatic carbocycles. The summed E-state index contributed by atoms with van der Waals surface area (Å²) in [5.74, 6) is 1.62. The lowest BCUT2D eigenvalue weighted by molar-refractivity contribution is -0.133. The highest BCUT2D eigenvalue weighted by Crippen LogP contribution is 2.15. The number of halogens is 1. The highest BCUT2D eigenvalue weighted by molar-refractivity contribution is 5.78. The zero-order valence-electron chi connectivity index (χ0n) is 15.2. The number of carbonyl (C=O) groups excluding carboxylic acids is 1. The Hall–Kier alpha value is -3.42. The monoisotopic (exact) mass is 381 g/mol. The van der Waals surface area contributed by atoms with Crippen molar-refractivity contribution in [3.05, 3.63) is 66.7 Å². The van der Waals surface area contributed by atoms with Gasteiger partial charge in [-0.1, -0.05) is 0 Å². The highest BCUT2D eigenvalue weighted by Gasteiger charge is 2.22. The predicted octanol–water partition coefficient (Wildman–Crippen LogP) is 2.13. The van der Waals surface area contributed by atoms with E-state index in [0.29, 0.717) is 31.9 Å². The number of hydrogen-bond acceptors (Lipinski definition) is 5. The molecule has 1 amide bonds. The molecule has 1 aliphatic rings. The number of anilines is 1. The fourth-order valence-electron chi connectivity index (χ4n) is 3.06. The van der Waals surface area contributed by atoms with E-state index >= 15 is 0 Å². The molecule has 2 aromatic heterocycles. The molecule has 0 saturated carbocycles. The number of amides is 1. The van der Waals surface area contributed by atoms with Gasteiger partial charge in [-0.25, -0.2) is 4.39 Å². The van der Waals surface area contributed by atoms with Gasteiger partial charge < -0.3 is 19.1 Å². The summed E-state index contributed by atoms with van der Waals surface area (Å²) in [5.41, 5.74) is 0. The molecule has 0 atom stereocenters. The van der Waals surface area contributed by atoms with Crippen molar-refractivity contribution in [1.82, 2.24) is 19.7 Å². The fraction of sp³-hybridized carbons (Fsp3) is 0.250. The first-order valence-corrected chi connectivity index (χ1v) is 9.07. The molecule has 0 bridgehead atoms. The number of benzene rings is 1. The second-order valence-electron chi connectivity index (χ2n) is 6.45. The summed E-state index contributed by atoms with van der Waals surface area (Å²) < 4.78 is 20.2. The largest absolute Gasteiger partial charge is 0.484 e. The van der Waals surface area contributed by atoms with Gasteiger partial charge in [0.15, 0.2) is 18.2 Å². The average Bonchev–Trinajstić information content (AvgIpc) is 3.28. The van der Waals surface area contributed by atoms with Crippen LogP contribution in [0.25, 0.3) is 5.82 Å². The van der Waals surface area contributed by atoms with Crippen LogP contribution in [0.15, 0.2) is 60.9 Å². The van der Waals surface area contributed by atoms with Crippen LogP contribution in [0.4, 0.5) is 10.2 Å². The number of hydrogen-bond donors (Lipinski definition) is 0. The van der Waals surface area contributed by atoms with Gasteiger partial charge in [-0.2, -0.15) is 0 Å². The Morgan fingerprint density at radius 2 is 1.57 bits per heavy atom. The van der Waals surface area contributed by atoms with Crippen LogP contribution in [0.2, 0.25) is 0 Å². The lowest BCUT2D eigenvalue weighted by Crippen LogP contribution is -2.50. The van der Waals surface area contributed by atoms with Crippen LogP contribution in [-0.2, 0) is 4.79 Å². The maximum Gasteiger partial charge on any atom is 0.260 e. The molecule has 0 spiro atoms. The summed E-state index contributed by atoms with van der Waals surface area (Å²) in [6, 6.07) is 13.4. The molecule has 28 heavy (non-hydrogen) atoms. The zero-order valence-corrected chi connectivity index (χ0v) is 15.2. The number of ether oxygens (including phenoxy) is 1. The first kappa shape index (κ1) is 18.0. The molecule has 1 fully saturated rings. The molecule has 144 valence electrons. The Bertz CT molecular complexity index is 905. The summed E-state index contributed by atoms with van der Waals surface area (Å²) in [6.45, 7) is 2.48. The van der Waals surface area contributed by atoms with Crippen molar-refractivity contribution >= 4 is 11.7 Å². The first-order chi connectivity index (χ1) is 13.7. The van der Waals surface area contributed by atoms with E-state index in [1.807, 2.05) is 41.2 Å². The minimum atomic E-state index is -0.334. The maximum absolute atomic E-state index is 12.9. The third-order valence-corrected chi connectivity index (χ3v) is 4.64. The number of aromatic nitrogens is 3. The van der Waals surface area contributed by atoms with Gasteiger partial charge in [0.1, 0.15) is 11.6 Å². The van der Waals surface area contributed by atoms with Gasteiger partial charge in [0.25, 0.3) is 5.91 Å². The third kappa shape index (κ3) is 4.11. The fourth-order valence-corrected chi connectivity index (χ4v) is 3.06. The first-order valence-electron chi connectivity index (χ1n) is 9.07. The van der Waals surface area contributed by atoms with Gasteiger partial charge in [-0.15, -0.1) is 10.2 Å². The molecule has 1 saturated heterocycles. The Labute approximate surface area is 162 Å². The van der Waals surface area contributed by atoms with Crippen LogP contribution < -0.4 is 9.64 Å². The van der Waals surface area contributed by atoms with E-state index < -0.39 is 0 Å². The molecule has 1 aliphatic heterocycles. The number of rotatable bonds is 5. The molecular formula is C20H20FN5O2. The van der Waals surface area contributed by atoms with E-state index in [9.17, 15) is 9.18 Å². The van der Waals surface area contributed by atoms with E-state index in [1.54, 1.807) is 4.90 Å². The van der Waals surface area contributed by atoms with E-state index in [-0.39, 0.29) is 18.3 Å². The number of nitrogens with zero attached hydrogens (tertiary/aromatic N) is 5. The third-order valence-electron chi connectivity index (χ3n) is 4.64. The van der Waals surface area contributed by atoms with E-state index in [2.05, 4.69) is 15.1 Å². The molecule has 3 heterocycles. The van der Waals surface area contributed by atoms with Gasteiger partial charge in [-0.05, 0) is 48.5 Å². The second-order valence-corrected chi connectivity index (χ2v) is 6.45. The molecule has 0 unspecified atom stereocenters. The molecule has 4 rings (SSSR count). The smallest absolute Gasteiger partial charge is 0.260 e.